The molecule has 0 aliphatic carbocycles. The van der Waals surface area contributed by atoms with Gasteiger partial charge in [-0.3, -0.25) is 4.79 Å². The molecule has 0 saturated heterocycles. The zero-order chi connectivity index (χ0) is 26.1. The molecule has 0 aliphatic rings. The van der Waals surface area contributed by atoms with Crippen molar-refractivity contribution < 1.29 is 23.8 Å². The fourth-order valence-electron chi connectivity index (χ4n) is 4.40. The van der Waals surface area contributed by atoms with Crippen molar-refractivity contribution >= 4 is 27.6 Å². The number of benzene rings is 3. The lowest BCUT2D eigenvalue weighted by Crippen LogP contribution is -2.22. The molecule has 5 rings (SSSR count). The average Bonchev–Trinajstić information content (AvgIpc) is 3.28. The second-order valence-electron chi connectivity index (χ2n) is 9.01. The summed E-state index contributed by atoms with van der Waals surface area (Å²) in [7, 11) is 4.96. The van der Waals surface area contributed by atoms with Gasteiger partial charge in [0.15, 0.2) is 5.75 Å². The summed E-state index contributed by atoms with van der Waals surface area (Å²) in [6.07, 6.45) is 3.86. The van der Waals surface area contributed by atoms with Crippen LogP contribution in [0.25, 0.3) is 21.7 Å². The first-order valence-corrected chi connectivity index (χ1v) is 11.7. The first-order chi connectivity index (χ1) is 17.9. The van der Waals surface area contributed by atoms with Crippen molar-refractivity contribution in [1.29, 1.82) is 0 Å². The summed E-state index contributed by atoms with van der Waals surface area (Å²) < 4.78 is 24.9. The number of ether oxygens (including phenoxy) is 2. The van der Waals surface area contributed by atoms with Crippen LogP contribution in [-0.4, -0.2) is 47.1 Å². The predicted octanol–water partition coefficient (Wildman–Crippen LogP) is 5.44. The standard InChI is InChI=1S/C29H26FN3O4/c1-33(2)29(35)24-22-13-19(12-17-4-8-20(30)9-5-17)14-31-26(22)27(25-23(24)15-32-28(25)34)37-16-18-6-10-21(36-3)11-7-18/h4-11,13-15,31,34H,12,16H2,1-3H3. The average molecular weight is 500 g/mol. The van der Waals surface area contributed by atoms with Crippen molar-refractivity contribution in [3.63, 3.8) is 0 Å². The third-order valence-corrected chi connectivity index (χ3v) is 6.29. The Balaban J connectivity index is 1.66. The van der Waals surface area contributed by atoms with Gasteiger partial charge in [0.25, 0.3) is 5.91 Å². The molecule has 0 radical (unpaired) electrons. The maximum absolute atomic E-state index is 13.4. The second kappa shape index (κ2) is 9.81. The summed E-state index contributed by atoms with van der Waals surface area (Å²) in [5.74, 6) is 0.411. The van der Waals surface area contributed by atoms with E-state index in [2.05, 4.69) is 9.97 Å². The molecule has 0 fully saturated rings. The van der Waals surface area contributed by atoms with Crippen LogP contribution in [0.15, 0.2) is 67.0 Å². The molecule has 1 amide bonds. The second-order valence-corrected chi connectivity index (χ2v) is 9.01. The number of aromatic hydroxyl groups is 1. The van der Waals surface area contributed by atoms with Gasteiger partial charge in [0, 0.05) is 37.3 Å². The van der Waals surface area contributed by atoms with E-state index in [4.69, 9.17) is 9.47 Å². The smallest absolute Gasteiger partial charge is 0.254 e. The van der Waals surface area contributed by atoms with Crippen molar-refractivity contribution in [2.45, 2.75) is 13.0 Å². The molecule has 188 valence electrons. The van der Waals surface area contributed by atoms with E-state index in [-0.39, 0.29) is 24.2 Å². The highest BCUT2D eigenvalue weighted by molar-refractivity contribution is 6.21. The van der Waals surface area contributed by atoms with Gasteiger partial charge in [-0.2, -0.15) is 0 Å². The summed E-state index contributed by atoms with van der Waals surface area (Å²) in [5.41, 5.74) is 3.71. The lowest BCUT2D eigenvalue weighted by molar-refractivity contribution is 0.0831. The van der Waals surface area contributed by atoms with Crippen LogP contribution >= 0.6 is 0 Å². The number of rotatable bonds is 7. The third-order valence-electron chi connectivity index (χ3n) is 6.29. The Morgan fingerprint density at radius 2 is 1.73 bits per heavy atom. The van der Waals surface area contributed by atoms with Gasteiger partial charge in [-0.15, -0.1) is 0 Å². The highest BCUT2D eigenvalue weighted by Crippen LogP contribution is 2.42. The van der Waals surface area contributed by atoms with Gasteiger partial charge >= 0.3 is 0 Å². The number of pyridine rings is 1. The van der Waals surface area contributed by atoms with Crippen LogP contribution in [0, 0.1) is 5.82 Å². The minimum atomic E-state index is -0.294. The summed E-state index contributed by atoms with van der Waals surface area (Å²) in [6, 6.07) is 15.7. The van der Waals surface area contributed by atoms with Crippen molar-refractivity contribution in [3.05, 3.63) is 95.1 Å². The monoisotopic (exact) mass is 499 g/mol. The van der Waals surface area contributed by atoms with Crippen LogP contribution in [0.4, 0.5) is 4.39 Å². The molecule has 5 aromatic rings. The number of nitrogens with one attached hydrogen (secondary N) is 1. The van der Waals surface area contributed by atoms with Crippen LogP contribution in [0.2, 0.25) is 0 Å². The van der Waals surface area contributed by atoms with Gasteiger partial charge in [0.2, 0.25) is 5.88 Å². The largest absolute Gasteiger partial charge is 0.497 e. The molecule has 0 atom stereocenters. The summed E-state index contributed by atoms with van der Waals surface area (Å²) in [6.45, 7) is 0.227. The van der Waals surface area contributed by atoms with Crippen LogP contribution in [0.5, 0.6) is 17.4 Å². The van der Waals surface area contributed by atoms with Crippen molar-refractivity contribution in [2.24, 2.45) is 0 Å². The van der Waals surface area contributed by atoms with E-state index in [1.54, 1.807) is 33.3 Å². The maximum Gasteiger partial charge on any atom is 0.254 e. The highest BCUT2D eigenvalue weighted by atomic mass is 19.1. The molecule has 8 heteroatoms. The number of halogens is 1. The fourth-order valence-corrected chi connectivity index (χ4v) is 4.40. The highest BCUT2D eigenvalue weighted by Gasteiger charge is 2.25. The van der Waals surface area contributed by atoms with Gasteiger partial charge < -0.3 is 24.5 Å². The van der Waals surface area contributed by atoms with Gasteiger partial charge in [-0.25, -0.2) is 9.37 Å². The van der Waals surface area contributed by atoms with Crippen LogP contribution in [-0.2, 0) is 13.0 Å². The Labute approximate surface area is 213 Å². The summed E-state index contributed by atoms with van der Waals surface area (Å²) in [5, 5.41) is 12.2. The Bertz CT molecular complexity index is 1590. The van der Waals surface area contributed by atoms with Gasteiger partial charge in [0.05, 0.1) is 23.6 Å². The number of fused-ring (bicyclic) bond motifs is 2. The number of hydrogen-bond acceptors (Lipinski definition) is 5. The van der Waals surface area contributed by atoms with E-state index in [0.29, 0.717) is 39.4 Å². The molecule has 0 aliphatic heterocycles. The van der Waals surface area contributed by atoms with Gasteiger partial charge in [-0.1, -0.05) is 24.3 Å². The van der Waals surface area contributed by atoms with E-state index >= 15 is 0 Å². The number of carbonyl (C=O) groups excluding carboxylic acids is 1. The fraction of sp³-hybridized carbons (Fsp3) is 0.172. The van der Waals surface area contributed by atoms with E-state index < -0.39 is 0 Å². The summed E-state index contributed by atoms with van der Waals surface area (Å²) >= 11 is 0. The number of aromatic nitrogens is 2. The summed E-state index contributed by atoms with van der Waals surface area (Å²) in [4.78, 5) is 22.2. The lowest BCUT2D eigenvalue weighted by Gasteiger charge is -2.18. The molecular weight excluding hydrogens is 473 g/mol. The normalized spacial score (nSPS) is 11.1. The number of hydrogen-bond donors (Lipinski definition) is 2. The third kappa shape index (κ3) is 4.65. The first-order valence-electron chi connectivity index (χ1n) is 11.7. The Kier molecular flexibility index (Phi) is 6.40. The topological polar surface area (TPSA) is 87.7 Å². The van der Waals surface area contributed by atoms with E-state index in [1.165, 1.54) is 23.2 Å². The van der Waals surface area contributed by atoms with Crippen LogP contribution < -0.4 is 9.47 Å². The molecule has 0 unspecified atom stereocenters. The van der Waals surface area contributed by atoms with Crippen molar-refractivity contribution in [3.8, 4) is 17.4 Å². The molecule has 7 nitrogen and oxygen atoms in total. The quantitative estimate of drug-likeness (QED) is 0.311. The molecule has 37 heavy (non-hydrogen) atoms. The molecule has 3 aromatic carbocycles. The minimum absolute atomic E-state index is 0.210. The van der Waals surface area contributed by atoms with E-state index in [0.717, 1.165) is 22.4 Å². The number of H-pyrrole nitrogens is 1. The van der Waals surface area contributed by atoms with Gasteiger partial charge in [-0.05, 0) is 53.4 Å². The van der Waals surface area contributed by atoms with E-state index in [9.17, 15) is 14.3 Å². The molecule has 2 heterocycles. The first kappa shape index (κ1) is 24.1. The maximum atomic E-state index is 13.4. The molecule has 0 spiro atoms. The Hall–Kier alpha value is -4.59. The molecule has 0 saturated carbocycles. The molecule has 2 aromatic heterocycles. The molecule has 0 bridgehead atoms. The Morgan fingerprint density at radius 1 is 1.03 bits per heavy atom. The molecule has 2 N–H and O–H groups in total. The van der Waals surface area contributed by atoms with Crippen LogP contribution in [0.1, 0.15) is 27.0 Å². The predicted molar refractivity (Wildman–Crippen MR) is 140 cm³/mol. The number of amides is 1. The number of methoxy groups -OCH3 is 1. The SMILES string of the molecule is COc1ccc(COc2c3[nH]cc(Cc4ccc(F)cc4)cc3c(C(=O)N(C)C)c3cnc(O)c23)cc1. The van der Waals surface area contributed by atoms with Crippen molar-refractivity contribution in [2.75, 3.05) is 21.2 Å². The number of carbonyl (C=O) groups is 1. The number of nitrogens with zero attached hydrogens (tertiary/aromatic N) is 2. The zero-order valence-electron chi connectivity index (χ0n) is 20.7. The van der Waals surface area contributed by atoms with Gasteiger partial charge in [0.1, 0.15) is 18.2 Å². The minimum Gasteiger partial charge on any atom is -0.497 e. The van der Waals surface area contributed by atoms with Crippen LogP contribution in [0.3, 0.4) is 0 Å². The van der Waals surface area contributed by atoms with Crippen molar-refractivity contribution in [1.82, 2.24) is 14.9 Å². The molecular formula is C29H26FN3O4. The lowest BCUT2D eigenvalue weighted by atomic mass is 9.97. The Morgan fingerprint density at radius 3 is 2.41 bits per heavy atom. The van der Waals surface area contributed by atoms with E-state index in [1.807, 2.05) is 36.5 Å². The zero-order valence-corrected chi connectivity index (χ0v) is 20.7. The number of aromatic amines is 1.